The molecule has 0 N–H and O–H groups in total. The summed E-state index contributed by atoms with van der Waals surface area (Å²) in [6.07, 6.45) is 22.2. The third-order valence-electron chi connectivity index (χ3n) is 1.47. The van der Waals surface area contributed by atoms with Crippen LogP contribution in [0.3, 0.4) is 0 Å². The number of terminal acetylenes is 1. The van der Waals surface area contributed by atoms with Gasteiger partial charge in [0.15, 0.2) is 0 Å². The van der Waals surface area contributed by atoms with Crippen LogP contribution in [-0.2, 0) is 0 Å². The summed E-state index contributed by atoms with van der Waals surface area (Å²) in [5.41, 5.74) is 1.28. The lowest BCUT2D eigenvalue weighted by Crippen LogP contribution is -1.85. The van der Waals surface area contributed by atoms with Crippen LogP contribution in [0, 0.1) is 12.8 Å². The first kappa shape index (κ1) is 11.4. The second kappa shape index (κ2) is 8.55. The number of aliphatic imine (C=N–C) groups is 1. The highest BCUT2D eigenvalue weighted by Crippen LogP contribution is 2.04. The zero-order valence-corrected chi connectivity index (χ0v) is 7.98. The van der Waals surface area contributed by atoms with Gasteiger partial charge in [0.25, 0.3) is 0 Å². The van der Waals surface area contributed by atoms with Gasteiger partial charge in [0.2, 0.25) is 0 Å². The molecule has 0 atom stereocenters. The molecule has 0 unspecified atom stereocenters. The summed E-state index contributed by atoms with van der Waals surface area (Å²) in [5, 5.41) is 0. The van der Waals surface area contributed by atoms with E-state index in [1.807, 2.05) is 12.4 Å². The molecule has 1 nitrogen and oxygen atoms in total. The molecule has 13 heavy (non-hydrogen) atoms. The first-order valence-electron chi connectivity index (χ1n) is 4.30. The third-order valence-corrected chi connectivity index (χ3v) is 1.47. The monoisotopic (exact) mass is 173 g/mol. The molecule has 0 radical (unpaired) electrons. The number of hydrogen-bond acceptors (Lipinski definition) is 1. The van der Waals surface area contributed by atoms with Gasteiger partial charge >= 0.3 is 0 Å². The molecule has 0 bridgehead atoms. The topological polar surface area (TPSA) is 12.4 Å². The second-order valence-corrected chi connectivity index (χ2v) is 2.45. The van der Waals surface area contributed by atoms with Crippen LogP contribution in [-0.4, -0.2) is 6.21 Å². The molecule has 0 amide bonds. The molecule has 68 valence electrons. The second-order valence-electron chi connectivity index (χ2n) is 2.45. The third kappa shape index (κ3) is 5.69. The first-order valence-corrected chi connectivity index (χ1v) is 4.30. The van der Waals surface area contributed by atoms with E-state index in [-0.39, 0.29) is 0 Å². The van der Waals surface area contributed by atoms with Crippen LogP contribution in [0.5, 0.6) is 0 Å². The van der Waals surface area contributed by atoms with Gasteiger partial charge in [0.05, 0.1) is 0 Å². The van der Waals surface area contributed by atoms with Crippen LogP contribution in [0.4, 0.5) is 0 Å². The Morgan fingerprint density at radius 2 is 2.31 bits per heavy atom. The van der Waals surface area contributed by atoms with Crippen molar-refractivity contribution in [1.82, 2.24) is 0 Å². The summed E-state index contributed by atoms with van der Waals surface area (Å²) in [6.45, 7) is 2.13. The number of hydrogen-bond donors (Lipinski definition) is 0. The van der Waals surface area contributed by atoms with Crippen molar-refractivity contribution in [2.45, 2.75) is 19.8 Å². The highest BCUT2D eigenvalue weighted by atomic mass is 14.7. The predicted molar refractivity (Wildman–Crippen MR) is 59.7 cm³/mol. The standard InChI is InChI=1S/C10H13N.C2H2/c1-2-3-4-6-10-7-5-8-11-9-10;1-2/h3-6,8-9H,2,7H2,1H3;1-2H/b4-3-,10-6+;. The normalized spacial score (nSPS) is 17.3. The highest BCUT2D eigenvalue weighted by Gasteiger charge is 1.90. The van der Waals surface area contributed by atoms with Gasteiger partial charge in [0.1, 0.15) is 0 Å². The van der Waals surface area contributed by atoms with Gasteiger partial charge in [-0.1, -0.05) is 31.2 Å². The van der Waals surface area contributed by atoms with Crippen LogP contribution in [0.25, 0.3) is 0 Å². The fourth-order valence-corrected chi connectivity index (χ4v) is 0.880. The summed E-state index contributed by atoms with van der Waals surface area (Å²) in [7, 11) is 0. The van der Waals surface area contributed by atoms with Crippen molar-refractivity contribution < 1.29 is 0 Å². The fourth-order valence-electron chi connectivity index (χ4n) is 0.880. The van der Waals surface area contributed by atoms with Crippen LogP contribution in [0.15, 0.2) is 41.1 Å². The van der Waals surface area contributed by atoms with Crippen molar-refractivity contribution in [2.75, 3.05) is 0 Å². The van der Waals surface area contributed by atoms with Crippen LogP contribution < -0.4 is 0 Å². The van der Waals surface area contributed by atoms with Gasteiger partial charge < -0.3 is 0 Å². The summed E-state index contributed by atoms with van der Waals surface area (Å²) in [5.74, 6) is 0. The Labute approximate surface area is 80.6 Å². The summed E-state index contributed by atoms with van der Waals surface area (Å²) < 4.78 is 0. The molecule has 0 aromatic carbocycles. The van der Waals surface area contributed by atoms with E-state index in [1.54, 1.807) is 0 Å². The van der Waals surface area contributed by atoms with Gasteiger partial charge in [-0.05, 0) is 18.4 Å². The highest BCUT2D eigenvalue weighted by molar-refractivity contribution is 5.80. The maximum Gasteiger partial charge on any atom is 0.0302 e. The summed E-state index contributed by atoms with van der Waals surface area (Å²) in [4.78, 5) is 4.03. The van der Waals surface area contributed by atoms with Crippen molar-refractivity contribution in [3.05, 3.63) is 36.1 Å². The Balaban J connectivity index is 0.000000671. The quantitative estimate of drug-likeness (QED) is 0.569. The van der Waals surface area contributed by atoms with E-state index >= 15 is 0 Å². The van der Waals surface area contributed by atoms with E-state index in [4.69, 9.17) is 0 Å². The largest absolute Gasteiger partial charge is 0.265 e. The molecule has 1 rings (SSSR count). The molecule has 0 saturated heterocycles. The molecule has 0 aliphatic carbocycles. The van der Waals surface area contributed by atoms with E-state index in [1.165, 1.54) is 5.57 Å². The summed E-state index contributed by atoms with van der Waals surface area (Å²) in [6, 6.07) is 0. The van der Waals surface area contributed by atoms with E-state index < -0.39 is 0 Å². The van der Waals surface area contributed by atoms with Crippen LogP contribution in [0.2, 0.25) is 0 Å². The van der Waals surface area contributed by atoms with Crippen molar-refractivity contribution in [1.29, 1.82) is 0 Å². The van der Waals surface area contributed by atoms with E-state index in [0.717, 1.165) is 12.8 Å². The molecule has 0 spiro atoms. The molecule has 0 aromatic heterocycles. The van der Waals surface area contributed by atoms with Crippen molar-refractivity contribution >= 4 is 6.21 Å². The molecule has 1 heteroatoms. The van der Waals surface area contributed by atoms with Crippen LogP contribution >= 0.6 is 0 Å². The van der Waals surface area contributed by atoms with Crippen molar-refractivity contribution in [3.63, 3.8) is 0 Å². The summed E-state index contributed by atoms with van der Waals surface area (Å²) >= 11 is 0. The molecule has 1 aliphatic heterocycles. The Morgan fingerprint density at radius 3 is 2.85 bits per heavy atom. The molecule has 0 fully saturated rings. The molecular formula is C12H15N. The van der Waals surface area contributed by atoms with Gasteiger partial charge in [-0.2, -0.15) is 0 Å². The molecule has 0 saturated carbocycles. The zero-order valence-electron chi connectivity index (χ0n) is 7.98. The SMILES string of the molecule is C#C.CC/C=C\C=C1\C=NC=CC1. The maximum atomic E-state index is 4.03. The zero-order chi connectivity index (χ0) is 9.94. The number of nitrogens with zero attached hydrogens (tertiary/aromatic N) is 1. The minimum atomic E-state index is 1.01. The lowest BCUT2D eigenvalue weighted by atomic mass is 10.1. The fraction of sp³-hybridized carbons (Fsp3) is 0.250. The maximum absolute atomic E-state index is 4.03. The average molecular weight is 173 g/mol. The molecule has 0 aromatic rings. The van der Waals surface area contributed by atoms with Gasteiger partial charge in [-0.3, -0.25) is 4.99 Å². The van der Waals surface area contributed by atoms with E-state index in [9.17, 15) is 0 Å². The first-order chi connectivity index (χ1) is 6.43. The Morgan fingerprint density at radius 1 is 1.54 bits per heavy atom. The number of rotatable bonds is 2. The molecule has 1 heterocycles. The lowest BCUT2D eigenvalue weighted by Gasteiger charge is -1.97. The Kier molecular flexibility index (Phi) is 7.53. The Bertz CT molecular complexity index is 252. The van der Waals surface area contributed by atoms with E-state index in [0.29, 0.717) is 0 Å². The molecular weight excluding hydrogens is 158 g/mol. The number of allylic oxidation sites excluding steroid dienone is 5. The van der Waals surface area contributed by atoms with Crippen LogP contribution in [0.1, 0.15) is 19.8 Å². The van der Waals surface area contributed by atoms with Gasteiger partial charge in [-0.25, -0.2) is 0 Å². The minimum absolute atomic E-state index is 1.01. The minimum Gasteiger partial charge on any atom is -0.265 e. The van der Waals surface area contributed by atoms with Gasteiger partial charge in [0, 0.05) is 12.4 Å². The molecule has 1 aliphatic rings. The average Bonchev–Trinajstić information content (AvgIpc) is 2.23. The van der Waals surface area contributed by atoms with Gasteiger partial charge in [-0.15, -0.1) is 12.8 Å². The van der Waals surface area contributed by atoms with Crippen molar-refractivity contribution in [3.8, 4) is 12.8 Å². The van der Waals surface area contributed by atoms with E-state index in [2.05, 4.69) is 49.1 Å². The lowest BCUT2D eigenvalue weighted by molar-refractivity contribution is 1.22. The Hall–Kier alpha value is -1.55. The smallest absolute Gasteiger partial charge is 0.0302 e. The van der Waals surface area contributed by atoms with Crippen molar-refractivity contribution in [2.24, 2.45) is 4.99 Å². The predicted octanol–water partition coefficient (Wildman–Crippen LogP) is 3.12.